The van der Waals surface area contributed by atoms with Crippen molar-refractivity contribution in [2.75, 3.05) is 10.0 Å². The summed E-state index contributed by atoms with van der Waals surface area (Å²) in [5.41, 5.74) is 6.10. The molecule has 4 N–H and O–H groups in total. The Labute approximate surface area is 183 Å². The van der Waals surface area contributed by atoms with Gasteiger partial charge < -0.3 is 11.1 Å². The van der Waals surface area contributed by atoms with Gasteiger partial charge in [-0.2, -0.15) is 0 Å². The first kappa shape index (κ1) is 22.9. The van der Waals surface area contributed by atoms with Crippen LogP contribution in [0.15, 0.2) is 59.5 Å². The van der Waals surface area contributed by atoms with Crippen LogP contribution in [0.1, 0.15) is 31.8 Å². The highest BCUT2D eigenvalue weighted by molar-refractivity contribution is 7.92. The Balaban J connectivity index is 1.77. The van der Waals surface area contributed by atoms with Crippen LogP contribution in [-0.2, 0) is 10.0 Å². The number of nitrogens with one attached hydrogen (secondary N) is 2. The molecule has 3 rings (SSSR count). The number of amides is 2. The van der Waals surface area contributed by atoms with Crippen LogP contribution in [0.3, 0.4) is 0 Å². The fraction of sp³-hybridized carbons (Fsp3) is 0.0909. The van der Waals surface area contributed by atoms with Gasteiger partial charge in [0.25, 0.3) is 21.8 Å². The first-order valence-electron chi connectivity index (χ1n) is 9.28. The van der Waals surface area contributed by atoms with Gasteiger partial charge in [-0.15, -0.1) is 0 Å². The zero-order valence-corrected chi connectivity index (χ0v) is 17.9. The average Bonchev–Trinajstić information content (AvgIpc) is 2.71. The van der Waals surface area contributed by atoms with Crippen LogP contribution in [0.25, 0.3) is 0 Å². The quantitative estimate of drug-likeness (QED) is 0.520. The summed E-state index contributed by atoms with van der Waals surface area (Å²) in [4.78, 5) is 23.7. The lowest BCUT2D eigenvalue weighted by atomic mass is 10.1. The van der Waals surface area contributed by atoms with Gasteiger partial charge in [0.15, 0.2) is 0 Å². The van der Waals surface area contributed by atoms with E-state index in [1.165, 1.54) is 30.3 Å². The summed E-state index contributed by atoms with van der Waals surface area (Å²) in [6, 6.07) is 11.4. The molecule has 0 saturated carbocycles. The van der Waals surface area contributed by atoms with Crippen LogP contribution in [0.2, 0.25) is 0 Å². The zero-order chi connectivity index (χ0) is 23.6. The largest absolute Gasteiger partial charge is 0.366 e. The molecule has 0 atom stereocenters. The average molecular weight is 459 g/mol. The Kier molecular flexibility index (Phi) is 6.26. The smallest absolute Gasteiger partial charge is 0.261 e. The number of rotatable bonds is 6. The van der Waals surface area contributed by atoms with Crippen molar-refractivity contribution in [1.29, 1.82) is 0 Å². The van der Waals surface area contributed by atoms with Crippen LogP contribution >= 0.6 is 0 Å². The van der Waals surface area contributed by atoms with Crippen LogP contribution in [0, 0.1) is 25.5 Å². The molecule has 3 aromatic rings. The van der Waals surface area contributed by atoms with Crippen molar-refractivity contribution in [3.63, 3.8) is 0 Å². The maximum atomic E-state index is 14.0. The van der Waals surface area contributed by atoms with Crippen molar-refractivity contribution in [3.05, 3.63) is 88.5 Å². The Morgan fingerprint density at radius 3 is 2.12 bits per heavy atom. The summed E-state index contributed by atoms with van der Waals surface area (Å²) in [5.74, 6) is -4.10. The van der Waals surface area contributed by atoms with Crippen molar-refractivity contribution in [1.82, 2.24) is 0 Å². The standard InChI is InChI=1S/C22H19F2N3O4S/c1-12-3-8-16(9-13(12)2)32(30,31)27-15-6-4-14(5-7-15)22(29)26-20-10-17(21(25)28)18(23)11-19(20)24/h3-11,27H,1-2H3,(H2,25,28)(H,26,29). The molecule has 7 nitrogen and oxygen atoms in total. The van der Waals surface area contributed by atoms with Gasteiger partial charge in [-0.05, 0) is 67.4 Å². The molecule has 0 saturated heterocycles. The fourth-order valence-corrected chi connectivity index (χ4v) is 3.96. The molecule has 166 valence electrons. The molecule has 0 bridgehead atoms. The van der Waals surface area contributed by atoms with E-state index < -0.39 is 44.7 Å². The topological polar surface area (TPSA) is 118 Å². The van der Waals surface area contributed by atoms with Crippen molar-refractivity contribution in [3.8, 4) is 0 Å². The summed E-state index contributed by atoms with van der Waals surface area (Å²) < 4.78 is 55.1. The summed E-state index contributed by atoms with van der Waals surface area (Å²) in [7, 11) is -3.84. The lowest BCUT2D eigenvalue weighted by Crippen LogP contribution is -2.17. The van der Waals surface area contributed by atoms with E-state index in [0.29, 0.717) is 6.07 Å². The molecule has 0 aromatic heterocycles. The molecule has 0 spiro atoms. The number of sulfonamides is 1. The van der Waals surface area contributed by atoms with Gasteiger partial charge in [0, 0.05) is 17.3 Å². The van der Waals surface area contributed by atoms with Crippen molar-refractivity contribution in [2.24, 2.45) is 5.73 Å². The molecular formula is C22H19F2N3O4S. The Hall–Kier alpha value is -3.79. The molecule has 2 amide bonds. The van der Waals surface area contributed by atoms with E-state index in [0.717, 1.165) is 17.2 Å². The summed E-state index contributed by atoms with van der Waals surface area (Å²) >= 11 is 0. The molecule has 32 heavy (non-hydrogen) atoms. The van der Waals surface area contributed by atoms with E-state index in [2.05, 4.69) is 10.0 Å². The fourth-order valence-electron chi connectivity index (χ4n) is 2.81. The number of carbonyl (C=O) groups excluding carboxylic acids is 2. The molecule has 10 heteroatoms. The van der Waals surface area contributed by atoms with Gasteiger partial charge in [-0.1, -0.05) is 6.07 Å². The van der Waals surface area contributed by atoms with Crippen molar-refractivity contribution < 1.29 is 26.8 Å². The van der Waals surface area contributed by atoms with Crippen LogP contribution in [0.4, 0.5) is 20.2 Å². The highest BCUT2D eigenvalue weighted by Gasteiger charge is 2.18. The minimum absolute atomic E-state index is 0.0727. The third-order valence-electron chi connectivity index (χ3n) is 4.76. The van der Waals surface area contributed by atoms with E-state index in [4.69, 9.17) is 5.73 Å². The number of benzene rings is 3. The summed E-state index contributed by atoms with van der Waals surface area (Å²) in [6.45, 7) is 3.67. The molecule has 3 aromatic carbocycles. The second-order valence-corrected chi connectivity index (χ2v) is 8.74. The van der Waals surface area contributed by atoms with E-state index in [1.54, 1.807) is 19.1 Å². The maximum Gasteiger partial charge on any atom is 0.261 e. The van der Waals surface area contributed by atoms with Crippen LogP contribution in [-0.4, -0.2) is 20.2 Å². The molecular weight excluding hydrogens is 440 g/mol. The third kappa shape index (κ3) is 4.92. The number of hydrogen-bond acceptors (Lipinski definition) is 4. The van der Waals surface area contributed by atoms with Crippen molar-refractivity contribution >= 4 is 33.2 Å². The molecule has 0 radical (unpaired) electrons. The third-order valence-corrected chi connectivity index (χ3v) is 6.14. The highest BCUT2D eigenvalue weighted by Crippen LogP contribution is 2.22. The van der Waals surface area contributed by atoms with E-state index in [9.17, 15) is 26.8 Å². The highest BCUT2D eigenvalue weighted by atomic mass is 32.2. The van der Waals surface area contributed by atoms with Crippen molar-refractivity contribution in [2.45, 2.75) is 18.7 Å². The lowest BCUT2D eigenvalue weighted by molar-refractivity contribution is 0.0992. The minimum Gasteiger partial charge on any atom is -0.366 e. The molecule has 0 fully saturated rings. The Morgan fingerprint density at radius 2 is 1.53 bits per heavy atom. The molecule has 0 aliphatic rings. The van der Waals surface area contributed by atoms with E-state index in [-0.39, 0.29) is 16.1 Å². The Bertz CT molecular complexity index is 1320. The summed E-state index contributed by atoms with van der Waals surface area (Å²) in [6.07, 6.45) is 0. The predicted molar refractivity (Wildman–Crippen MR) is 116 cm³/mol. The second kappa shape index (κ2) is 8.75. The number of primary amides is 1. The van der Waals surface area contributed by atoms with E-state index in [1.807, 2.05) is 6.92 Å². The second-order valence-electron chi connectivity index (χ2n) is 7.06. The first-order chi connectivity index (χ1) is 15.0. The molecule has 0 aliphatic carbocycles. The lowest BCUT2D eigenvalue weighted by Gasteiger charge is -2.11. The van der Waals surface area contributed by atoms with Gasteiger partial charge >= 0.3 is 0 Å². The minimum atomic E-state index is -3.84. The maximum absolute atomic E-state index is 14.0. The molecule has 0 aliphatic heterocycles. The van der Waals surface area contributed by atoms with Crippen LogP contribution in [0.5, 0.6) is 0 Å². The monoisotopic (exact) mass is 459 g/mol. The van der Waals surface area contributed by atoms with Crippen LogP contribution < -0.4 is 15.8 Å². The zero-order valence-electron chi connectivity index (χ0n) is 17.1. The SMILES string of the molecule is Cc1ccc(S(=O)(=O)Nc2ccc(C(=O)Nc3cc(C(N)=O)c(F)cc3F)cc2)cc1C. The first-order valence-corrected chi connectivity index (χ1v) is 10.8. The number of anilines is 2. The molecule has 0 unspecified atom stereocenters. The number of nitrogens with two attached hydrogens (primary N) is 1. The van der Waals surface area contributed by atoms with Gasteiger partial charge in [0.2, 0.25) is 0 Å². The predicted octanol–water partition coefficient (Wildman–Crippen LogP) is 3.73. The summed E-state index contributed by atoms with van der Waals surface area (Å²) in [5, 5.41) is 2.23. The Morgan fingerprint density at radius 1 is 0.875 bits per heavy atom. The van der Waals surface area contributed by atoms with Gasteiger partial charge in [-0.3, -0.25) is 14.3 Å². The normalized spacial score (nSPS) is 11.1. The molecule has 0 heterocycles. The van der Waals surface area contributed by atoms with E-state index >= 15 is 0 Å². The van der Waals surface area contributed by atoms with Gasteiger partial charge in [0.1, 0.15) is 11.6 Å². The van der Waals surface area contributed by atoms with Gasteiger partial charge in [-0.25, -0.2) is 17.2 Å². The number of halogens is 2. The number of hydrogen-bond donors (Lipinski definition) is 3. The number of carbonyl (C=O) groups is 2. The number of aryl methyl sites for hydroxylation is 2. The van der Waals surface area contributed by atoms with Gasteiger partial charge in [0.05, 0.1) is 16.1 Å².